The van der Waals surface area contributed by atoms with E-state index in [1.54, 1.807) is 36.4 Å². The fourth-order valence-corrected chi connectivity index (χ4v) is 2.31. The highest BCUT2D eigenvalue weighted by molar-refractivity contribution is 7.16. The average molecular weight is 288 g/mol. The molecule has 3 rings (SSSR count). The SMILES string of the molecule is O=C(Oc1ccccc1)Oc1ccc2oc(=O)sc2c1. The Labute approximate surface area is 117 Å². The molecule has 1 heterocycles. The molecule has 1 aromatic heterocycles. The number of benzene rings is 2. The van der Waals surface area contributed by atoms with E-state index in [2.05, 4.69) is 0 Å². The molecule has 20 heavy (non-hydrogen) atoms. The summed E-state index contributed by atoms with van der Waals surface area (Å²) in [5.74, 6) is 0.682. The number of ether oxygens (including phenoxy) is 2. The Morgan fingerprint density at radius 2 is 1.75 bits per heavy atom. The molecular weight excluding hydrogens is 280 g/mol. The third-order valence-corrected chi connectivity index (χ3v) is 3.24. The first-order chi connectivity index (χ1) is 9.70. The van der Waals surface area contributed by atoms with E-state index in [0.717, 1.165) is 11.3 Å². The van der Waals surface area contributed by atoms with Crippen LogP contribution >= 0.6 is 11.3 Å². The van der Waals surface area contributed by atoms with Crippen LogP contribution in [0, 0.1) is 0 Å². The van der Waals surface area contributed by atoms with Crippen LogP contribution in [0.5, 0.6) is 11.5 Å². The van der Waals surface area contributed by atoms with E-state index in [-0.39, 0.29) is 5.75 Å². The average Bonchev–Trinajstić information content (AvgIpc) is 2.79. The van der Waals surface area contributed by atoms with Crippen molar-refractivity contribution in [2.24, 2.45) is 0 Å². The molecule has 0 saturated heterocycles. The van der Waals surface area contributed by atoms with Crippen LogP contribution in [-0.2, 0) is 0 Å². The van der Waals surface area contributed by atoms with Crippen molar-refractivity contribution >= 4 is 27.8 Å². The summed E-state index contributed by atoms with van der Waals surface area (Å²) >= 11 is 0.943. The van der Waals surface area contributed by atoms with Gasteiger partial charge in [0.1, 0.15) is 17.1 Å². The first kappa shape index (κ1) is 12.4. The van der Waals surface area contributed by atoms with Crippen LogP contribution in [0.2, 0.25) is 0 Å². The van der Waals surface area contributed by atoms with Gasteiger partial charge in [-0.3, -0.25) is 0 Å². The Kier molecular flexibility index (Phi) is 3.22. The Morgan fingerprint density at radius 1 is 1.00 bits per heavy atom. The van der Waals surface area contributed by atoms with Crippen molar-refractivity contribution in [3.63, 3.8) is 0 Å². The monoisotopic (exact) mass is 288 g/mol. The minimum absolute atomic E-state index is 0.287. The van der Waals surface area contributed by atoms with Crippen LogP contribution in [0.15, 0.2) is 57.7 Å². The first-order valence-corrected chi connectivity index (χ1v) is 6.51. The third-order valence-electron chi connectivity index (χ3n) is 2.45. The van der Waals surface area contributed by atoms with Gasteiger partial charge in [-0.2, -0.15) is 0 Å². The number of rotatable bonds is 2. The van der Waals surface area contributed by atoms with Crippen molar-refractivity contribution in [3.8, 4) is 11.5 Å². The second-order valence-electron chi connectivity index (χ2n) is 3.83. The Morgan fingerprint density at radius 3 is 2.55 bits per heavy atom. The fourth-order valence-electron chi connectivity index (χ4n) is 1.62. The van der Waals surface area contributed by atoms with Gasteiger partial charge in [0.15, 0.2) is 0 Å². The molecule has 6 heteroatoms. The number of para-hydroxylation sites is 1. The molecule has 0 aliphatic heterocycles. The molecule has 5 nitrogen and oxygen atoms in total. The van der Waals surface area contributed by atoms with E-state index >= 15 is 0 Å². The quantitative estimate of drug-likeness (QED) is 0.534. The number of fused-ring (bicyclic) bond motifs is 1. The van der Waals surface area contributed by atoms with Crippen molar-refractivity contribution in [2.45, 2.75) is 0 Å². The highest BCUT2D eigenvalue weighted by Crippen LogP contribution is 2.23. The number of hydrogen-bond acceptors (Lipinski definition) is 6. The molecule has 0 amide bonds. The molecule has 0 aliphatic rings. The lowest BCUT2D eigenvalue weighted by Gasteiger charge is -2.04. The Bertz CT molecular complexity index is 803. The standard InChI is InChI=1S/C14H8O5S/c15-13(17-9-4-2-1-3-5-9)18-10-6-7-11-12(8-10)20-14(16)19-11/h1-8H. The smallest absolute Gasteiger partial charge is 0.414 e. The summed E-state index contributed by atoms with van der Waals surface area (Å²) in [4.78, 5) is 22.3. The summed E-state index contributed by atoms with van der Waals surface area (Å²) in [7, 11) is 0. The second kappa shape index (κ2) is 5.18. The molecule has 0 aliphatic carbocycles. The molecule has 3 aromatic rings. The Hall–Kier alpha value is -2.60. The molecule has 0 bridgehead atoms. The van der Waals surface area contributed by atoms with Crippen LogP contribution in [0.3, 0.4) is 0 Å². The minimum Gasteiger partial charge on any atom is -0.414 e. The van der Waals surface area contributed by atoms with Crippen molar-refractivity contribution in [2.75, 3.05) is 0 Å². The summed E-state index contributed by atoms with van der Waals surface area (Å²) in [5.41, 5.74) is 0.462. The molecule has 0 N–H and O–H groups in total. The Balaban J connectivity index is 1.75. The predicted octanol–water partition coefficient (Wildman–Crippen LogP) is 3.43. The largest absolute Gasteiger partial charge is 0.519 e. The van der Waals surface area contributed by atoms with Gasteiger partial charge >= 0.3 is 11.1 Å². The van der Waals surface area contributed by atoms with E-state index < -0.39 is 11.1 Å². The molecular formula is C14H8O5S. The number of hydrogen-bond donors (Lipinski definition) is 0. The molecule has 0 unspecified atom stereocenters. The molecule has 0 radical (unpaired) electrons. The summed E-state index contributed by atoms with van der Waals surface area (Å²) in [6.07, 6.45) is -0.841. The topological polar surface area (TPSA) is 65.7 Å². The number of carbonyl (C=O) groups excluding carboxylic acids is 1. The van der Waals surface area contributed by atoms with Crippen molar-refractivity contribution in [1.29, 1.82) is 0 Å². The van der Waals surface area contributed by atoms with Crippen LogP contribution < -0.4 is 14.4 Å². The summed E-state index contributed by atoms with van der Waals surface area (Å²) in [5, 5.41) is 0. The molecule has 2 aromatic carbocycles. The maximum absolute atomic E-state index is 11.6. The van der Waals surface area contributed by atoms with Crippen molar-refractivity contribution in [3.05, 3.63) is 58.3 Å². The van der Waals surface area contributed by atoms with E-state index in [1.807, 2.05) is 6.07 Å². The maximum Gasteiger partial charge on any atom is 0.519 e. The second-order valence-corrected chi connectivity index (χ2v) is 4.81. The van der Waals surface area contributed by atoms with Crippen LogP contribution in [0.4, 0.5) is 4.79 Å². The predicted molar refractivity (Wildman–Crippen MR) is 73.5 cm³/mol. The lowest BCUT2D eigenvalue weighted by atomic mass is 10.3. The zero-order valence-corrected chi connectivity index (χ0v) is 10.9. The van der Waals surface area contributed by atoms with Gasteiger partial charge in [0.2, 0.25) is 0 Å². The lowest BCUT2D eigenvalue weighted by Crippen LogP contribution is -2.13. The van der Waals surface area contributed by atoms with Gasteiger partial charge in [-0.15, -0.1) is 0 Å². The molecule has 0 fully saturated rings. The summed E-state index contributed by atoms with van der Waals surface area (Å²) in [6.45, 7) is 0. The van der Waals surface area contributed by atoms with E-state index in [4.69, 9.17) is 13.9 Å². The summed E-state index contributed by atoms with van der Waals surface area (Å²) < 4.78 is 15.6. The molecule has 100 valence electrons. The van der Waals surface area contributed by atoms with Gasteiger partial charge in [-0.25, -0.2) is 9.59 Å². The third kappa shape index (κ3) is 2.70. The summed E-state index contributed by atoms with van der Waals surface area (Å²) in [6, 6.07) is 13.3. The normalized spacial score (nSPS) is 10.4. The van der Waals surface area contributed by atoms with Crippen LogP contribution in [0.25, 0.3) is 10.3 Å². The van der Waals surface area contributed by atoms with Crippen molar-refractivity contribution < 1.29 is 18.7 Å². The first-order valence-electron chi connectivity index (χ1n) is 5.69. The van der Waals surface area contributed by atoms with Crippen molar-refractivity contribution in [1.82, 2.24) is 0 Å². The van der Waals surface area contributed by atoms with Gasteiger partial charge in [0.25, 0.3) is 0 Å². The lowest BCUT2D eigenvalue weighted by molar-refractivity contribution is 0.152. The van der Waals surface area contributed by atoms with Crippen LogP contribution in [-0.4, -0.2) is 6.16 Å². The minimum atomic E-state index is -0.841. The van der Waals surface area contributed by atoms with E-state index in [0.29, 0.717) is 16.0 Å². The maximum atomic E-state index is 11.6. The van der Waals surface area contributed by atoms with Gasteiger partial charge in [-0.05, 0) is 24.3 Å². The van der Waals surface area contributed by atoms with Gasteiger partial charge in [-0.1, -0.05) is 29.5 Å². The fraction of sp³-hybridized carbons (Fsp3) is 0. The van der Waals surface area contributed by atoms with E-state index in [9.17, 15) is 9.59 Å². The molecule has 0 atom stereocenters. The van der Waals surface area contributed by atoms with Gasteiger partial charge in [0.05, 0.1) is 4.70 Å². The zero-order chi connectivity index (χ0) is 13.9. The van der Waals surface area contributed by atoms with Gasteiger partial charge < -0.3 is 13.9 Å². The number of carbonyl (C=O) groups is 1. The van der Waals surface area contributed by atoms with E-state index in [1.165, 1.54) is 6.07 Å². The highest BCUT2D eigenvalue weighted by atomic mass is 32.1. The zero-order valence-electron chi connectivity index (χ0n) is 10.1. The van der Waals surface area contributed by atoms with Gasteiger partial charge in [0, 0.05) is 6.07 Å². The molecule has 0 saturated carbocycles. The van der Waals surface area contributed by atoms with Crippen LogP contribution in [0.1, 0.15) is 0 Å². The highest BCUT2D eigenvalue weighted by Gasteiger charge is 2.10. The molecule has 0 spiro atoms.